The van der Waals surface area contributed by atoms with E-state index in [1.165, 1.54) is 0 Å². The molecule has 6 nitrogen and oxygen atoms in total. The third-order valence-electron chi connectivity index (χ3n) is 3.06. The molecule has 2 atom stereocenters. The molecule has 1 rings (SSSR count). The average Bonchev–Trinajstić information content (AvgIpc) is 2.75. The van der Waals surface area contributed by atoms with Gasteiger partial charge < -0.3 is 19.4 Å². The predicted octanol–water partition coefficient (Wildman–Crippen LogP) is 0.101. The quantitative estimate of drug-likeness (QED) is 0.539. The van der Waals surface area contributed by atoms with E-state index >= 15 is 0 Å². The SMILES string of the molecule is CN(C)C(=O)C1CCC(CN=C(N(C)C)N(C)C)O1. The van der Waals surface area contributed by atoms with Gasteiger partial charge in [-0.3, -0.25) is 9.79 Å². The number of nitrogens with zero attached hydrogens (tertiary/aromatic N) is 4. The van der Waals surface area contributed by atoms with Gasteiger partial charge in [-0.25, -0.2) is 0 Å². The minimum absolute atomic E-state index is 0.0452. The van der Waals surface area contributed by atoms with Crippen LogP contribution in [0.4, 0.5) is 0 Å². The summed E-state index contributed by atoms with van der Waals surface area (Å²) in [4.78, 5) is 21.9. The fraction of sp³-hybridized carbons (Fsp3) is 0.846. The predicted molar refractivity (Wildman–Crippen MR) is 76.3 cm³/mol. The van der Waals surface area contributed by atoms with E-state index in [1.54, 1.807) is 19.0 Å². The zero-order valence-corrected chi connectivity index (χ0v) is 12.9. The molecule has 0 N–H and O–H groups in total. The van der Waals surface area contributed by atoms with E-state index in [-0.39, 0.29) is 18.1 Å². The number of likely N-dealkylation sites (N-methyl/N-ethyl adjacent to an activating group) is 1. The smallest absolute Gasteiger partial charge is 0.251 e. The van der Waals surface area contributed by atoms with E-state index in [0.29, 0.717) is 6.54 Å². The summed E-state index contributed by atoms with van der Waals surface area (Å²) in [7, 11) is 11.4. The Labute approximate surface area is 116 Å². The highest BCUT2D eigenvalue weighted by atomic mass is 16.5. The average molecular weight is 270 g/mol. The monoisotopic (exact) mass is 270 g/mol. The van der Waals surface area contributed by atoms with E-state index in [4.69, 9.17) is 4.74 Å². The highest BCUT2D eigenvalue weighted by Gasteiger charge is 2.31. The highest BCUT2D eigenvalue weighted by Crippen LogP contribution is 2.21. The summed E-state index contributed by atoms with van der Waals surface area (Å²) in [5.74, 6) is 0.956. The first-order chi connectivity index (χ1) is 8.82. The van der Waals surface area contributed by atoms with Crippen LogP contribution < -0.4 is 0 Å². The number of ether oxygens (including phenoxy) is 1. The second-order valence-corrected chi connectivity index (χ2v) is 5.49. The Morgan fingerprint density at radius 2 is 1.63 bits per heavy atom. The van der Waals surface area contributed by atoms with E-state index in [9.17, 15) is 4.79 Å². The van der Waals surface area contributed by atoms with Crippen molar-refractivity contribution in [1.29, 1.82) is 0 Å². The molecule has 0 aromatic rings. The van der Waals surface area contributed by atoms with Crippen molar-refractivity contribution < 1.29 is 9.53 Å². The number of carbonyl (C=O) groups is 1. The highest BCUT2D eigenvalue weighted by molar-refractivity contribution is 5.80. The topological polar surface area (TPSA) is 48.4 Å². The Morgan fingerprint density at radius 3 is 2.11 bits per heavy atom. The molecule has 1 saturated heterocycles. The van der Waals surface area contributed by atoms with Crippen LogP contribution in [-0.2, 0) is 9.53 Å². The van der Waals surface area contributed by atoms with Gasteiger partial charge >= 0.3 is 0 Å². The molecule has 19 heavy (non-hydrogen) atoms. The van der Waals surface area contributed by atoms with Crippen LogP contribution in [0.1, 0.15) is 12.8 Å². The first-order valence-electron chi connectivity index (χ1n) is 6.58. The zero-order chi connectivity index (χ0) is 14.6. The summed E-state index contributed by atoms with van der Waals surface area (Å²) in [6, 6.07) is 0. The molecule has 110 valence electrons. The molecule has 1 fully saturated rings. The van der Waals surface area contributed by atoms with Crippen LogP contribution in [0, 0.1) is 0 Å². The summed E-state index contributed by atoms with van der Waals surface area (Å²) in [6.45, 7) is 0.600. The van der Waals surface area contributed by atoms with E-state index in [1.807, 2.05) is 38.0 Å². The molecule has 1 amide bonds. The maximum Gasteiger partial charge on any atom is 0.251 e. The number of amides is 1. The summed E-state index contributed by atoms with van der Waals surface area (Å²) >= 11 is 0. The van der Waals surface area contributed by atoms with Crippen molar-refractivity contribution in [2.24, 2.45) is 4.99 Å². The number of hydrogen-bond acceptors (Lipinski definition) is 3. The molecule has 1 heterocycles. The second-order valence-electron chi connectivity index (χ2n) is 5.49. The lowest BCUT2D eigenvalue weighted by atomic mass is 10.2. The lowest BCUT2D eigenvalue weighted by Gasteiger charge is -2.23. The molecular weight excluding hydrogens is 244 g/mol. The minimum Gasteiger partial charge on any atom is -0.363 e. The van der Waals surface area contributed by atoms with Crippen molar-refractivity contribution >= 4 is 11.9 Å². The molecule has 0 bridgehead atoms. The Morgan fingerprint density at radius 1 is 1.05 bits per heavy atom. The van der Waals surface area contributed by atoms with Crippen molar-refractivity contribution in [1.82, 2.24) is 14.7 Å². The van der Waals surface area contributed by atoms with Gasteiger partial charge in [0, 0.05) is 42.3 Å². The minimum atomic E-state index is -0.294. The number of hydrogen-bond donors (Lipinski definition) is 0. The Hall–Kier alpha value is -1.30. The molecule has 0 spiro atoms. The molecule has 6 heteroatoms. The number of carbonyl (C=O) groups excluding carboxylic acids is 1. The van der Waals surface area contributed by atoms with Crippen LogP contribution in [-0.4, -0.2) is 87.6 Å². The van der Waals surface area contributed by atoms with Crippen molar-refractivity contribution in [3.63, 3.8) is 0 Å². The summed E-state index contributed by atoms with van der Waals surface area (Å²) in [6.07, 6.45) is 1.43. The number of aliphatic imine (C=N–C) groups is 1. The Bertz CT molecular complexity index is 330. The lowest BCUT2D eigenvalue weighted by molar-refractivity contribution is -0.140. The fourth-order valence-corrected chi connectivity index (χ4v) is 2.18. The summed E-state index contributed by atoms with van der Waals surface area (Å²) in [5, 5.41) is 0. The lowest BCUT2D eigenvalue weighted by Crippen LogP contribution is -2.36. The summed E-state index contributed by atoms with van der Waals surface area (Å²) in [5.41, 5.74) is 0. The van der Waals surface area contributed by atoms with Gasteiger partial charge in [-0.2, -0.15) is 0 Å². The van der Waals surface area contributed by atoms with Crippen LogP contribution in [0.3, 0.4) is 0 Å². The zero-order valence-electron chi connectivity index (χ0n) is 12.9. The van der Waals surface area contributed by atoms with E-state index < -0.39 is 0 Å². The van der Waals surface area contributed by atoms with Crippen molar-refractivity contribution in [3.05, 3.63) is 0 Å². The van der Waals surface area contributed by atoms with Crippen LogP contribution >= 0.6 is 0 Å². The molecule has 0 radical (unpaired) electrons. The van der Waals surface area contributed by atoms with Gasteiger partial charge in [0.25, 0.3) is 5.91 Å². The fourth-order valence-electron chi connectivity index (χ4n) is 2.18. The van der Waals surface area contributed by atoms with Gasteiger partial charge in [0.1, 0.15) is 6.10 Å². The Kier molecular flexibility index (Phi) is 5.60. The van der Waals surface area contributed by atoms with E-state index in [0.717, 1.165) is 18.8 Å². The van der Waals surface area contributed by atoms with Crippen LogP contribution in [0.5, 0.6) is 0 Å². The first-order valence-corrected chi connectivity index (χ1v) is 6.58. The van der Waals surface area contributed by atoms with Crippen molar-refractivity contribution in [2.45, 2.75) is 25.0 Å². The standard InChI is InChI=1S/C13H26N4O2/c1-15(2)12(18)11-8-7-10(19-11)9-14-13(16(3)4)17(5)6/h10-11H,7-9H2,1-6H3. The Balaban J connectivity index is 2.52. The molecular formula is C13H26N4O2. The maximum absolute atomic E-state index is 11.8. The van der Waals surface area contributed by atoms with Crippen LogP contribution in [0.25, 0.3) is 0 Å². The maximum atomic E-state index is 11.8. The second kappa shape index (κ2) is 6.75. The normalized spacial score (nSPS) is 22.0. The third-order valence-corrected chi connectivity index (χ3v) is 3.06. The largest absolute Gasteiger partial charge is 0.363 e. The van der Waals surface area contributed by atoms with Crippen LogP contribution in [0.15, 0.2) is 4.99 Å². The molecule has 1 aliphatic heterocycles. The number of rotatable bonds is 3. The summed E-state index contributed by atoms with van der Waals surface area (Å²) < 4.78 is 5.76. The van der Waals surface area contributed by atoms with Crippen molar-refractivity contribution in [3.8, 4) is 0 Å². The van der Waals surface area contributed by atoms with Gasteiger partial charge in [0.15, 0.2) is 5.96 Å². The van der Waals surface area contributed by atoms with Gasteiger partial charge in [-0.15, -0.1) is 0 Å². The third kappa shape index (κ3) is 4.38. The van der Waals surface area contributed by atoms with Gasteiger partial charge in [-0.1, -0.05) is 0 Å². The van der Waals surface area contributed by atoms with Crippen LogP contribution in [0.2, 0.25) is 0 Å². The van der Waals surface area contributed by atoms with Gasteiger partial charge in [0.05, 0.1) is 12.6 Å². The van der Waals surface area contributed by atoms with Crippen molar-refractivity contribution in [2.75, 3.05) is 48.8 Å². The molecule has 0 aromatic heterocycles. The van der Waals surface area contributed by atoms with Gasteiger partial charge in [-0.05, 0) is 12.8 Å². The van der Waals surface area contributed by atoms with Gasteiger partial charge in [0.2, 0.25) is 0 Å². The molecule has 2 unspecified atom stereocenters. The van der Waals surface area contributed by atoms with E-state index in [2.05, 4.69) is 4.99 Å². The first kappa shape index (κ1) is 15.8. The molecule has 0 aromatic carbocycles. The number of guanidine groups is 1. The molecule has 0 aliphatic carbocycles. The molecule has 1 aliphatic rings. The molecule has 0 saturated carbocycles.